The Hall–Kier alpha value is -1.50. The molecular formula is C14H20O. The molecule has 1 N–H and O–H groups in total. The third-order valence-electron chi connectivity index (χ3n) is 2.09. The average molecular weight is 204 g/mol. The Bertz CT molecular complexity index is 382. The molecule has 0 fully saturated rings. The van der Waals surface area contributed by atoms with E-state index < -0.39 is 0 Å². The van der Waals surface area contributed by atoms with Crippen molar-refractivity contribution in [3.05, 3.63) is 42.0 Å². The quantitative estimate of drug-likeness (QED) is 0.669. The van der Waals surface area contributed by atoms with Crippen LogP contribution in [0.3, 0.4) is 0 Å². The third-order valence-corrected chi connectivity index (χ3v) is 2.09. The van der Waals surface area contributed by atoms with E-state index in [1.807, 2.05) is 51.1 Å². The van der Waals surface area contributed by atoms with Gasteiger partial charge >= 0.3 is 0 Å². The molecular weight excluding hydrogens is 184 g/mol. The fourth-order valence-electron chi connectivity index (χ4n) is 1.51. The van der Waals surface area contributed by atoms with E-state index in [4.69, 9.17) is 0 Å². The summed E-state index contributed by atoms with van der Waals surface area (Å²) in [6.45, 7) is 6.00. The van der Waals surface area contributed by atoms with Gasteiger partial charge in [-0.05, 0) is 23.9 Å². The number of hydrogen-bond donors (Lipinski definition) is 1. The van der Waals surface area contributed by atoms with Gasteiger partial charge in [-0.15, -0.1) is 0 Å². The van der Waals surface area contributed by atoms with Crippen molar-refractivity contribution in [2.24, 2.45) is 0 Å². The van der Waals surface area contributed by atoms with Crippen molar-refractivity contribution in [1.82, 2.24) is 0 Å². The molecule has 0 radical (unpaired) electrons. The predicted octanol–water partition coefficient (Wildman–Crippen LogP) is 4.52. The van der Waals surface area contributed by atoms with Crippen molar-refractivity contribution in [2.45, 2.75) is 28.2 Å². The summed E-state index contributed by atoms with van der Waals surface area (Å²) >= 11 is 0. The Balaban J connectivity index is 0.000000617. The van der Waals surface area contributed by atoms with E-state index in [-0.39, 0.29) is 7.43 Å². The molecule has 0 aliphatic rings. The standard InChI is InChI=1S/C11H10O.C2H6.CH4/c1-8-4-2-5-9-6-3-7-10(12)11(8)9;1-2;/h2-7,12H,1H3;1-2H3;1H4. The van der Waals surface area contributed by atoms with Crippen LogP contribution >= 0.6 is 0 Å². The molecule has 0 atom stereocenters. The Morgan fingerprint density at radius 3 is 2.00 bits per heavy atom. The highest BCUT2D eigenvalue weighted by Crippen LogP contribution is 2.26. The number of phenolic OH excluding ortho intramolecular Hbond substituents is 1. The van der Waals surface area contributed by atoms with Gasteiger partial charge in [0.25, 0.3) is 0 Å². The average Bonchev–Trinajstić information content (AvgIpc) is 2.21. The molecule has 0 saturated heterocycles. The lowest BCUT2D eigenvalue weighted by atomic mass is 10.1. The molecule has 0 spiro atoms. The van der Waals surface area contributed by atoms with Crippen LogP contribution in [0.2, 0.25) is 0 Å². The number of rotatable bonds is 0. The number of aromatic hydroxyl groups is 1. The van der Waals surface area contributed by atoms with Gasteiger partial charge in [0.1, 0.15) is 5.75 Å². The van der Waals surface area contributed by atoms with E-state index in [1.54, 1.807) is 6.07 Å². The zero-order valence-corrected chi connectivity index (χ0v) is 8.91. The summed E-state index contributed by atoms with van der Waals surface area (Å²) in [5.74, 6) is 0.366. The first kappa shape index (κ1) is 13.5. The Kier molecular flexibility index (Phi) is 5.46. The zero-order valence-electron chi connectivity index (χ0n) is 8.91. The largest absolute Gasteiger partial charge is 0.507 e. The fourth-order valence-corrected chi connectivity index (χ4v) is 1.51. The molecule has 0 heterocycles. The van der Waals surface area contributed by atoms with Crippen LogP contribution in [0.15, 0.2) is 36.4 Å². The molecule has 2 aromatic rings. The van der Waals surface area contributed by atoms with E-state index in [2.05, 4.69) is 0 Å². The summed E-state index contributed by atoms with van der Waals surface area (Å²) in [6.07, 6.45) is 0. The summed E-state index contributed by atoms with van der Waals surface area (Å²) in [5.41, 5.74) is 1.12. The second kappa shape index (κ2) is 6.07. The Morgan fingerprint density at radius 1 is 0.933 bits per heavy atom. The summed E-state index contributed by atoms with van der Waals surface area (Å²) in [4.78, 5) is 0. The smallest absolute Gasteiger partial charge is 0.123 e. The molecule has 0 bridgehead atoms. The maximum atomic E-state index is 9.55. The van der Waals surface area contributed by atoms with Crippen LogP contribution in [0.5, 0.6) is 5.75 Å². The molecule has 0 aliphatic carbocycles. The number of phenols is 1. The van der Waals surface area contributed by atoms with Crippen molar-refractivity contribution in [3.8, 4) is 5.75 Å². The maximum absolute atomic E-state index is 9.55. The van der Waals surface area contributed by atoms with Gasteiger partial charge in [-0.2, -0.15) is 0 Å². The molecule has 15 heavy (non-hydrogen) atoms. The second-order valence-electron chi connectivity index (χ2n) is 2.95. The lowest BCUT2D eigenvalue weighted by molar-refractivity contribution is 0.481. The topological polar surface area (TPSA) is 20.2 Å². The van der Waals surface area contributed by atoms with E-state index in [0.717, 1.165) is 16.3 Å². The fraction of sp³-hybridized carbons (Fsp3) is 0.286. The van der Waals surface area contributed by atoms with Crippen LogP contribution < -0.4 is 0 Å². The molecule has 0 aliphatic heterocycles. The molecule has 2 rings (SSSR count). The molecule has 0 saturated carbocycles. The highest BCUT2D eigenvalue weighted by atomic mass is 16.3. The monoisotopic (exact) mass is 204 g/mol. The van der Waals surface area contributed by atoms with Gasteiger partial charge in [0.15, 0.2) is 0 Å². The lowest BCUT2D eigenvalue weighted by Crippen LogP contribution is -1.77. The van der Waals surface area contributed by atoms with Gasteiger partial charge in [0, 0.05) is 5.39 Å². The van der Waals surface area contributed by atoms with E-state index in [9.17, 15) is 5.11 Å². The molecule has 0 unspecified atom stereocenters. The van der Waals surface area contributed by atoms with Gasteiger partial charge in [-0.25, -0.2) is 0 Å². The summed E-state index contributed by atoms with van der Waals surface area (Å²) in [6, 6.07) is 11.6. The van der Waals surface area contributed by atoms with Gasteiger partial charge in [0.05, 0.1) is 0 Å². The molecule has 82 valence electrons. The van der Waals surface area contributed by atoms with E-state index >= 15 is 0 Å². The van der Waals surface area contributed by atoms with Gasteiger partial charge in [0.2, 0.25) is 0 Å². The highest BCUT2D eigenvalue weighted by molar-refractivity contribution is 5.90. The number of hydrogen-bond acceptors (Lipinski definition) is 1. The van der Waals surface area contributed by atoms with Crippen LogP contribution in [0, 0.1) is 6.92 Å². The normalized spacial score (nSPS) is 8.73. The minimum atomic E-state index is 0. The molecule has 1 heteroatoms. The summed E-state index contributed by atoms with van der Waals surface area (Å²) < 4.78 is 0. The van der Waals surface area contributed by atoms with Crippen molar-refractivity contribution in [3.63, 3.8) is 0 Å². The highest BCUT2D eigenvalue weighted by Gasteiger charge is 1.99. The minimum Gasteiger partial charge on any atom is -0.507 e. The van der Waals surface area contributed by atoms with Crippen molar-refractivity contribution in [1.29, 1.82) is 0 Å². The van der Waals surface area contributed by atoms with Crippen molar-refractivity contribution < 1.29 is 5.11 Å². The maximum Gasteiger partial charge on any atom is 0.123 e. The molecule has 1 nitrogen and oxygen atoms in total. The first-order chi connectivity index (χ1) is 6.79. The van der Waals surface area contributed by atoms with E-state index in [1.165, 1.54) is 0 Å². The first-order valence-electron chi connectivity index (χ1n) is 4.96. The van der Waals surface area contributed by atoms with Gasteiger partial charge < -0.3 is 5.11 Å². The van der Waals surface area contributed by atoms with E-state index in [0.29, 0.717) is 5.75 Å². The van der Waals surface area contributed by atoms with Crippen LogP contribution in [0.25, 0.3) is 10.8 Å². The number of fused-ring (bicyclic) bond motifs is 1. The first-order valence-corrected chi connectivity index (χ1v) is 4.96. The minimum absolute atomic E-state index is 0. The summed E-state index contributed by atoms with van der Waals surface area (Å²) in [5, 5.41) is 11.6. The molecule has 0 aromatic heterocycles. The lowest BCUT2D eigenvalue weighted by Gasteiger charge is -2.02. The van der Waals surface area contributed by atoms with Crippen LogP contribution in [-0.4, -0.2) is 5.11 Å². The van der Waals surface area contributed by atoms with Gasteiger partial charge in [-0.1, -0.05) is 51.6 Å². The summed E-state index contributed by atoms with van der Waals surface area (Å²) in [7, 11) is 0. The van der Waals surface area contributed by atoms with Crippen LogP contribution in [0.1, 0.15) is 26.8 Å². The zero-order chi connectivity index (χ0) is 10.6. The van der Waals surface area contributed by atoms with Crippen LogP contribution in [-0.2, 0) is 0 Å². The SMILES string of the molecule is C.CC.Cc1cccc2cccc(O)c12. The molecule has 0 amide bonds. The third kappa shape index (κ3) is 2.72. The number of aryl methyl sites for hydroxylation is 1. The van der Waals surface area contributed by atoms with Crippen LogP contribution in [0.4, 0.5) is 0 Å². The Labute approximate surface area is 92.4 Å². The Morgan fingerprint density at radius 2 is 1.47 bits per heavy atom. The van der Waals surface area contributed by atoms with Crippen molar-refractivity contribution >= 4 is 10.8 Å². The van der Waals surface area contributed by atoms with Crippen molar-refractivity contribution in [2.75, 3.05) is 0 Å². The second-order valence-corrected chi connectivity index (χ2v) is 2.95. The number of benzene rings is 2. The van der Waals surface area contributed by atoms with Gasteiger partial charge in [-0.3, -0.25) is 0 Å². The predicted molar refractivity (Wildman–Crippen MR) is 68.4 cm³/mol. The molecule has 2 aromatic carbocycles.